The molecule has 23 heavy (non-hydrogen) atoms. The normalized spacial score (nSPS) is 20.2. The molecule has 0 aliphatic carbocycles. The first-order chi connectivity index (χ1) is 11.0. The monoisotopic (exact) mass is 323 g/mol. The molecule has 2 atom stereocenters. The Kier molecular flexibility index (Phi) is 6.79. The summed E-state index contributed by atoms with van der Waals surface area (Å²) in [5.41, 5.74) is -0.274. The van der Waals surface area contributed by atoms with Crippen LogP contribution in [0.3, 0.4) is 0 Å². The fourth-order valence-corrected chi connectivity index (χ4v) is 2.37. The van der Waals surface area contributed by atoms with E-state index in [0.717, 1.165) is 6.07 Å². The second-order valence-electron chi connectivity index (χ2n) is 5.01. The van der Waals surface area contributed by atoms with Crippen molar-refractivity contribution in [1.82, 2.24) is 4.90 Å². The second kappa shape index (κ2) is 8.34. The van der Waals surface area contributed by atoms with Crippen molar-refractivity contribution in [3.05, 3.63) is 17.9 Å². The van der Waals surface area contributed by atoms with E-state index in [4.69, 9.17) is 10.00 Å². The van der Waals surface area contributed by atoms with E-state index in [1.807, 2.05) is 13.8 Å². The first-order valence-corrected chi connectivity index (χ1v) is 7.43. The zero-order valence-corrected chi connectivity index (χ0v) is 13.8. The third kappa shape index (κ3) is 4.33. The van der Waals surface area contributed by atoms with Gasteiger partial charge in [0.25, 0.3) is 0 Å². The smallest absolute Gasteiger partial charge is 0.229 e. The molecule has 6 nitrogen and oxygen atoms in total. The van der Waals surface area contributed by atoms with Gasteiger partial charge in [-0.1, -0.05) is 13.8 Å². The highest BCUT2D eigenvalue weighted by Crippen LogP contribution is 2.32. The number of carbonyl (C=O) groups is 1. The highest BCUT2D eigenvalue weighted by atomic mass is 19.1. The molecule has 1 aliphatic heterocycles. The lowest BCUT2D eigenvalue weighted by Crippen LogP contribution is -2.26. The largest absolute Gasteiger partial charge is 0.506 e. The number of phenolic OH excluding ortho intramolecular Hbond substituents is 1. The molecule has 0 bridgehead atoms. The Bertz CT molecular complexity index is 578. The summed E-state index contributed by atoms with van der Waals surface area (Å²) >= 11 is 0. The number of phenols is 1. The Balaban J connectivity index is 0.00000127. The number of hydrogen-bond acceptors (Lipinski definition) is 5. The van der Waals surface area contributed by atoms with Crippen LogP contribution >= 0.6 is 0 Å². The van der Waals surface area contributed by atoms with Gasteiger partial charge in [-0.15, -0.1) is 0 Å². The van der Waals surface area contributed by atoms with Crippen molar-refractivity contribution in [3.8, 4) is 17.6 Å². The Hall–Kier alpha value is -2.33. The van der Waals surface area contributed by atoms with Gasteiger partial charge in [0.1, 0.15) is 17.2 Å². The number of nitrogens with zero attached hydrogens (tertiary/aromatic N) is 2. The number of aromatic hydroxyl groups is 1. The third-order valence-electron chi connectivity index (χ3n) is 3.59. The van der Waals surface area contributed by atoms with Crippen LogP contribution in [0.5, 0.6) is 11.5 Å². The molecular formula is C16H22FN3O3. The van der Waals surface area contributed by atoms with Gasteiger partial charge in [-0.05, 0) is 13.5 Å². The number of hydrogen-bond donors (Lipinski definition) is 2. The predicted octanol–water partition coefficient (Wildman–Crippen LogP) is 2.35. The molecule has 1 aromatic carbocycles. The van der Waals surface area contributed by atoms with Crippen LogP contribution in [0.1, 0.15) is 20.3 Å². The van der Waals surface area contributed by atoms with Gasteiger partial charge in [-0.3, -0.25) is 9.69 Å². The van der Waals surface area contributed by atoms with Gasteiger partial charge in [0.15, 0.2) is 5.82 Å². The maximum atomic E-state index is 13.8. The molecule has 0 saturated carbocycles. The van der Waals surface area contributed by atoms with E-state index in [9.17, 15) is 14.3 Å². The highest BCUT2D eigenvalue weighted by molar-refractivity contribution is 5.94. The van der Waals surface area contributed by atoms with Crippen molar-refractivity contribution >= 4 is 11.6 Å². The molecule has 1 heterocycles. The minimum absolute atomic E-state index is 0.160. The summed E-state index contributed by atoms with van der Waals surface area (Å²) in [4.78, 5) is 13.9. The Morgan fingerprint density at radius 2 is 2.17 bits per heavy atom. The lowest BCUT2D eigenvalue weighted by Gasteiger charge is -2.13. The lowest BCUT2D eigenvalue weighted by atomic mass is 10.1. The van der Waals surface area contributed by atoms with Crippen LogP contribution in [-0.2, 0) is 4.79 Å². The summed E-state index contributed by atoms with van der Waals surface area (Å²) in [6.07, 6.45) is 0.386. The average molecular weight is 323 g/mol. The fraction of sp³-hybridized carbons (Fsp3) is 0.500. The number of anilines is 1. The van der Waals surface area contributed by atoms with Crippen LogP contribution in [0, 0.1) is 23.1 Å². The molecular weight excluding hydrogens is 301 g/mol. The zero-order valence-electron chi connectivity index (χ0n) is 13.8. The zero-order chi connectivity index (χ0) is 17.6. The van der Waals surface area contributed by atoms with E-state index in [1.165, 1.54) is 13.2 Å². The number of rotatable bonds is 3. The number of amides is 1. The molecule has 0 aromatic heterocycles. The van der Waals surface area contributed by atoms with Gasteiger partial charge in [0.2, 0.25) is 5.91 Å². The summed E-state index contributed by atoms with van der Waals surface area (Å²) < 4.78 is 18.7. The molecule has 1 aromatic rings. The number of nitrogens with one attached hydrogen (secondary N) is 1. The summed E-state index contributed by atoms with van der Waals surface area (Å²) in [6.45, 7) is 4.42. The summed E-state index contributed by atoms with van der Waals surface area (Å²) in [5.74, 6) is -1.85. The molecule has 1 unspecified atom stereocenters. The molecule has 1 amide bonds. The Morgan fingerprint density at radius 3 is 2.65 bits per heavy atom. The summed E-state index contributed by atoms with van der Waals surface area (Å²) in [6, 6.07) is 4.08. The number of likely N-dealkylation sites (tertiary alicyclic amines) is 1. The average Bonchev–Trinajstić information content (AvgIpc) is 2.93. The van der Waals surface area contributed by atoms with E-state index < -0.39 is 23.4 Å². The third-order valence-corrected chi connectivity index (χ3v) is 3.59. The molecule has 0 spiro atoms. The molecule has 0 radical (unpaired) electrons. The van der Waals surface area contributed by atoms with E-state index in [-0.39, 0.29) is 17.5 Å². The van der Waals surface area contributed by atoms with Crippen LogP contribution in [-0.4, -0.2) is 42.7 Å². The SMILES string of the molecule is CC.COc1cc(O)c(NC(=O)[C@H]2CC(C#N)N(C)C2)c(F)c1. The molecule has 126 valence electrons. The first-order valence-electron chi connectivity index (χ1n) is 7.43. The summed E-state index contributed by atoms with van der Waals surface area (Å²) in [5, 5.41) is 21.1. The van der Waals surface area contributed by atoms with Gasteiger partial charge in [-0.2, -0.15) is 5.26 Å². The van der Waals surface area contributed by atoms with Crippen molar-refractivity contribution in [2.24, 2.45) is 5.92 Å². The van der Waals surface area contributed by atoms with Gasteiger partial charge in [-0.25, -0.2) is 4.39 Å². The minimum atomic E-state index is -0.775. The van der Waals surface area contributed by atoms with Crippen LogP contribution in [0.4, 0.5) is 10.1 Å². The fourth-order valence-electron chi connectivity index (χ4n) is 2.37. The van der Waals surface area contributed by atoms with Crippen molar-refractivity contribution in [2.75, 3.05) is 26.0 Å². The van der Waals surface area contributed by atoms with Crippen LogP contribution in [0.25, 0.3) is 0 Å². The highest BCUT2D eigenvalue weighted by Gasteiger charge is 2.34. The van der Waals surface area contributed by atoms with Crippen molar-refractivity contribution in [1.29, 1.82) is 5.26 Å². The molecule has 1 aliphatic rings. The maximum Gasteiger partial charge on any atom is 0.229 e. The van der Waals surface area contributed by atoms with Gasteiger partial charge >= 0.3 is 0 Å². The van der Waals surface area contributed by atoms with E-state index in [2.05, 4.69) is 11.4 Å². The molecule has 1 saturated heterocycles. The Labute approximate surface area is 135 Å². The maximum absolute atomic E-state index is 13.8. The first kappa shape index (κ1) is 18.7. The number of methoxy groups -OCH3 is 1. The van der Waals surface area contributed by atoms with E-state index >= 15 is 0 Å². The number of carbonyl (C=O) groups excluding carboxylic acids is 1. The number of halogens is 1. The summed E-state index contributed by atoms with van der Waals surface area (Å²) in [7, 11) is 3.11. The molecule has 7 heteroatoms. The number of benzene rings is 1. The van der Waals surface area contributed by atoms with E-state index in [1.54, 1.807) is 11.9 Å². The van der Waals surface area contributed by atoms with Gasteiger partial charge < -0.3 is 15.2 Å². The van der Waals surface area contributed by atoms with Crippen LogP contribution in [0.2, 0.25) is 0 Å². The predicted molar refractivity (Wildman–Crippen MR) is 84.7 cm³/mol. The minimum Gasteiger partial charge on any atom is -0.506 e. The standard InChI is InChI=1S/C14H16FN3O3.C2H6/c1-18-7-8(3-9(18)6-16)14(20)17-13-11(15)4-10(21-2)5-12(13)19;1-2/h4-5,8-9,19H,3,7H2,1-2H3,(H,17,20);1-2H3/t8-,9?;/m0./s1. The van der Waals surface area contributed by atoms with Crippen LogP contribution < -0.4 is 10.1 Å². The van der Waals surface area contributed by atoms with Gasteiger partial charge in [0, 0.05) is 18.7 Å². The number of ether oxygens (including phenoxy) is 1. The van der Waals surface area contributed by atoms with Gasteiger partial charge in [0.05, 0.1) is 25.1 Å². The van der Waals surface area contributed by atoms with Crippen molar-refractivity contribution < 1.29 is 19.0 Å². The quantitative estimate of drug-likeness (QED) is 0.834. The van der Waals surface area contributed by atoms with Crippen molar-refractivity contribution in [3.63, 3.8) is 0 Å². The second-order valence-corrected chi connectivity index (χ2v) is 5.01. The molecule has 1 fully saturated rings. The van der Waals surface area contributed by atoms with Crippen molar-refractivity contribution in [2.45, 2.75) is 26.3 Å². The molecule has 2 N–H and O–H groups in total. The van der Waals surface area contributed by atoms with Crippen LogP contribution in [0.15, 0.2) is 12.1 Å². The lowest BCUT2D eigenvalue weighted by molar-refractivity contribution is -0.119. The topological polar surface area (TPSA) is 85.6 Å². The molecule has 2 rings (SSSR count). The van der Waals surface area contributed by atoms with E-state index in [0.29, 0.717) is 13.0 Å². The Morgan fingerprint density at radius 1 is 1.52 bits per heavy atom. The number of nitriles is 1.